The Morgan fingerprint density at radius 1 is 1.37 bits per heavy atom. The number of oxime groups is 1. The highest BCUT2D eigenvalue weighted by molar-refractivity contribution is 6.03. The molecular formula is C20H25NO6. The van der Waals surface area contributed by atoms with Crippen LogP contribution in [-0.4, -0.2) is 50.9 Å². The van der Waals surface area contributed by atoms with E-state index < -0.39 is 24.8 Å². The van der Waals surface area contributed by atoms with Crippen LogP contribution in [0.2, 0.25) is 0 Å². The minimum absolute atomic E-state index is 0.130. The second-order valence-electron chi connectivity index (χ2n) is 8.35. The summed E-state index contributed by atoms with van der Waals surface area (Å²) in [5, 5.41) is 43.6. The number of aliphatic carboxylic acids is 1. The number of nitrogens with zero attached hydrogens (tertiary/aromatic N) is 1. The monoisotopic (exact) mass is 375 g/mol. The number of aliphatic hydroxyl groups excluding tert-OH is 2. The molecule has 2 saturated carbocycles. The standard InChI is InChI=1S/C20H25NO6/c1-20-5-4-12-11-3-2-10(22)6-14(11)16(21-27-9-18(24)25)7-13(12)15(20)8-17(23)19(20)26/h2-3,6,12-13,15,17,19,22-23,26H,4-5,7-9H2,1H3,(H,24,25)/t12?,13?,15?,17-,19+,20+/m1/s1. The van der Waals surface area contributed by atoms with Crippen LogP contribution in [0.25, 0.3) is 0 Å². The molecular weight excluding hydrogens is 350 g/mol. The molecule has 1 aromatic carbocycles. The Kier molecular flexibility index (Phi) is 4.39. The van der Waals surface area contributed by atoms with Crippen molar-refractivity contribution in [3.05, 3.63) is 29.3 Å². The lowest BCUT2D eigenvalue weighted by atomic mass is 9.55. The zero-order valence-electron chi connectivity index (χ0n) is 15.2. The number of hydrogen-bond donors (Lipinski definition) is 4. The first-order valence-electron chi connectivity index (χ1n) is 9.41. The second kappa shape index (κ2) is 6.49. The number of benzene rings is 1. The molecule has 0 saturated heterocycles. The molecule has 4 rings (SSSR count). The zero-order valence-corrected chi connectivity index (χ0v) is 15.2. The van der Waals surface area contributed by atoms with Gasteiger partial charge in [0.2, 0.25) is 6.61 Å². The Bertz CT molecular complexity index is 793. The van der Waals surface area contributed by atoms with Crippen molar-refractivity contribution in [2.75, 3.05) is 6.61 Å². The van der Waals surface area contributed by atoms with Gasteiger partial charge in [-0.2, -0.15) is 0 Å². The van der Waals surface area contributed by atoms with E-state index in [2.05, 4.69) is 12.1 Å². The van der Waals surface area contributed by atoms with E-state index in [1.165, 1.54) is 0 Å². The van der Waals surface area contributed by atoms with Crippen molar-refractivity contribution < 1.29 is 30.1 Å². The number of aromatic hydroxyl groups is 1. The molecule has 0 aromatic heterocycles. The van der Waals surface area contributed by atoms with Gasteiger partial charge in [0.05, 0.1) is 17.9 Å². The van der Waals surface area contributed by atoms with Crippen molar-refractivity contribution in [1.29, 1.82) is 0 Å². The summed E-state index contributed by atoms with van der Waals surface area (Å²) in [6, 6.07) is 5.21. The van der Waals surface area contributed by atoms with E-state index in [1.807, 2.05) is 6.07 Å². The van der Waals surface area contributed by atoms with Crippen molar-refractivity contribution in [3.8, 4) is 5.75 Å². The van der Waals surface area contributed by atoms with Crippen LogP contribution in [0.4, 0.5) is 0 Å². The van der Waals surface area contributed by atoms with Crippen molar-refractivity contribution >= 4 is 11.7 Å². The molecule has 0 amide bonds. The molecule has 0 radical (unpaired) electrons. The number of phenolic OH excluding ortho intramolecular Hbond substituents is 1. The summed E-state index contributed by atoms with van der Waals surface area (Å²) in [5.74, 6) is -0.385. The molecule has 0 aliphatic heterocycles. The number of hydrogen-bond acceptors (Lipinski definition) is 6. The van der Waals surface area contributed by atoms with E-state index in [-0.39, 0.29) is 28.9 Å². The Morgan fingerprint density at radius 2 is 2.15 bits per heavy atom. The van der Waals surface area contributed by atoms with Crippen LogP contribution in [0, 0.1) is 17.3 Å². The molecule has 3 aliphatic rings. The first-order chi connectivity index (χ1) is 12.8. The van der Waals surface area contributed by atoms with E-state index >= 15 is 0 Å². The van der Waals surface area contributed by atoms with Gasteiger partial charge in [-0.1, -0.05) is 18.1 Å². The quantitative estimate of drug-likeness (QED) is 0.599. The van der Waals surface area contributed by atoms with E-state index in [0.717, 1.165) is 24.0 Å². The average Bonchev–Trinajstić information content (AvgIpc) is 2.85. The van der Waals surface area contributed by atoms with Gasteiger partial charge in [0.1, 0.15) is 5.75 Å². The van der Waals surface area contributed by atoms with Crippen LogP contribution < -0.4 is 0 Å². The van der Waals surface area contributed by atoms with Gasteiger partial charge in [-0.05, 0) is 66.5 Å². The smallest absolute Gasteiger partial charge is 0.344 e. The highest BCUT2D eigenvalue weighted by atomic mass is 16.6. The molecule has 7 heteroatoms. The lowest BCUT2D eigenvalue weighted by Gasteiger charge is -2.49. The maximum atomic E-state index is 10.7. The van der Waals surface area contributed by atoms with Gasteiger partial charge in [-0.15, -0.1) is 0 Å². The van der Waals surface area contributed by atoms with Crippen molar-refractivity contribution in [2.45, 2.75) is 50.7 Å². The molecule has 146 valence electrons. The van der Waals surface area contributed by atoms with Crippen LogP contribution in [-0.2, 0) is 9.63 Å². The normalized spacial score (nSPS) is 38.8. The van der Waals surface area contributed by atoms with Crippen molar-refractivity contribution in [2.24, 2.45) is 22.4 Å². The minimum Gasteiger partial charge on any atom is -0.508 e. The highest BCUT2D eigenvalue weighted by Crippen LogP contribution is 2.61. The first-order valence-corrected chi connectivity index (χ1v) is 9.41. The molecule has 7 nitrogen and oxygen atoms in total. The molecule has 0 heterocycles. The SMILES string of the molecule is C[C@]12CCC3c4ccc(O)cc4C(=NOCC(=O)O)CC3C1C[C@@H](O)[C@@H]2O. The summed E-state index contributed by atoms with van der Waals surface area (Å²) in [5.41, 5.74) is 2.15. The highest BCUT2D eigenvalue weighted by Gasteiger charge is 2.58. The van der Waals surface area contributed by atoms with Gasteiger partial charge in [0, 0.05) is 5.56 Å². The fraction of sp³-hybridized carbons (Fsp3) is 0.600. The fourth-order valence-electron chi connectivity index (χ4n) is 5.65. The maximum absolute atomic E-state index is 10.7. The number of rotatable bonds is 3. The Labute approximate surface area is 157 Å². The summed E-state index contributed by atoms with van der Waals surface area (Å²) in [6.07, 6.45) is 1.40. The Morgan fingerprint density at radius 3 is 2.89 bits per heavy atom. The van der Waals surface area contributed by atoms with Crippen LogP contribution in [0.5, 0.6) is 5.75 Å². The van der Waals surface area contributed by atoms with Crippen LogP contribution in [0.1, 0.15) is 49.7 Å². The summed E-state index contributed by atoms with van der Waals surface area (Å²) in [4.78, 5) is 15.7. The maximum Gasteiger partial charge on any atom is 0.344 e. The Hall–Kier alpha value is -2.12. The number of phenols is 1. The molecule has 6 atom stereocenters. The average molecular weight is 375 g/mol. The summed E-state index contributed by atoms with van der Waals surface area (Å²) >= 11 is 0. The van der Waals surface area contributed by atoms with Crippen molar-refractivity contribution in [1.82, 2.24) is 0 Å². The zero-order chi connectivity index (χ0) is 19.3. The molecule has 3 unspecified atom stereocenters. The topological polar surface area (TPSA) is 120 Å². The lowest BCUT2D eigenvalue weighted by Crippen LogP contribution is -2.45. The first kappa shape index (κ1) is 18.3. The van der Waals surface area contributed by atoms with E-state index in [4.69, 9.17) is 9.94 Å². The van der Waals surface area contributed by atoms with Crippen LogP contribution in [0.3, 0.4) is 0 Å². The fourth-order valence-corrected chi connectivity index (χ4v) is 5.65. The van der Waals surface area contributed by atoms with E-state index in [0.29, 0.717) is 18.6 Å². The van der Waals surface area contributed by atoms with Gasteiger partial charge < -0.3 is 25.3 Å². The van der Waals surface area contributed by atoms with Crippen LogP contribution in [0.15, 0.2) is 23.4 Å². The largest absolute Gasteiger partial charge is 0.508 e. The van der Waals surface area contributed by atoms with Gasteiger partial charge in [0.25, 0.3) is 0 Å². The molecule has 1 aromatic rings. The van der Waals surface area contributed by atoms with Gasteiger partial charge in [-0.25, -0.2) is 4.79 Å². The number of carboxylic acid groups (broad SMARTS) is 1. The number of carbonyl (C=O) groups is 1. The molecule has 4 N–H and O–H groups in total. The number of fused-ring (bicyclic) bond motifs is 5. The lowest BCUT2D eigenvalue weighted by molar-refractivity contribution is -0.142. The molecule has 3 aliphatic carbocycles. The third-order valence-corrected chi connectivity index (χ3v) is 6.95. The summed E-state index contributed by atoms with van der Waals surface area (Å²) in [7, 11) is 0. The van der Waals surface area contributed by atoms with Gasteiger partial charge in [-0.3, -0.25) is 0 Å². The third-order valence-electron chi connectivity index (χ3n) is 6.95. The number of carboxylic acids is 1. The minimum atomic E-state index is -1.10. The summed E-state index contributed by atoms with van der Waals surface area (Å²) in [6.45, 7) is 1.53. The van der Waals surface area contributed by atoms with Crippen LogP contribution >= 0.6 is 0 Å². The van der Waals surface area contributed by atoms with E-state index in [9.17, 15) is 20.1 Å². The third kappa shape index (κ3) is 2.89. The molecule has 2 fully saturated rings. The predicted molar refractivity (Wildman–Crippen MR) is 96.5 cm³/mol. The Balaban J connectivity index is 1.73. The van der Waals surface area contributed by atoms with Gasteiger partial charge in [0.15, 0.2) is 0 Å². The second-order valence-corrected chi connectivity index (χ2v) is 8.35. The number of aliphatic hydroxyl groups is 2. The molecule has 27 heavy (non-hydrogen) atoms. The van der Waals surface area contributed by atoms with Gasteiger partial charge >= 0.3 is 5.97 Å². The van der Waals surface area contributed by atoms with E-state index in [1.54, 1.807) is 12.1 Å². The molecule has 0 bridgehead atoms. The van der Waals surface area contributed by atoms with Crippen molar-refractivity contribution in [3.63, 3.8) is 0 Å². The summed E-state index contributed by atoms with van der Waals surface area (Å²) < 4.78 is 0. The molecule has 0 spiro atoms. The predicted octanol–water partition coefficient (Wildman–Crippen LogP) is 1.84.